The molecule has 0 saturated carbocycles. The molecule has 3 aromatic carbocycles. The number of nitrogens with zero attached hydrogens (tertiary/aromatic N) is 2. The number of phenols is 3. The van der Waals surface area contributed by atoms with Gasteiger partial charge >= 0.3 is 0 Å². The maximum Gasteiger partial charge on any atom is 0.150 e. The first-order chi connectivity index (χ1) is 16.7. The number of aromatic nitrogens is 2. The highest BCUT2D eigenvalue weighted by Crippen LogP contribution is 2.23. The molecule has 0 saturated heterocycles. The zero-order valence-corrected chi connectivity index (χ0v) is 20.1. The van der Waals surface area contributed by atoms with Crippen LogP contribution in [0.4, 0.5) is 0 Å². The molecule has 0 amide bonds. The highest BCUT2D eigenvalue weighted by molar-refractivity contribution is 5.84. The lowest BCUT2D eigenvalue weighted by molar-refractivity contribution is 0.112. The second kappa shape index (κ2) is 11.1. The lowest BCUT2D eigenvalue weighted by Crippen LogP contribution is -1.89. The summed E-state index contributed by atoms with van der Waals surface area (Å²) in [7, 11) is 0. The number of hydrogen-bond donors (Lipinski definition) is 3. The third-order valence-corrected chi connectivity index (χ3v) is 5.60. The fourth-order valence-electron chi connectivity index (χ4n) is 3.41. The molecule has 5 aromatic rings. The maximum absolute atomic E-state index is 10.4. The van der Waals surface area contributed by atoms with Crippen molar-refractivity contribution in [1.29, 1.82) is 0 Å². The van der Waals surface area contributed by atoms with Crippen LogP contribution < -0.4 is 0 Å². The van der Waals surface area contributed by atoms with E-state index in [-0.39, 0.29) is 17.2 Å². The number of hydrogen-bond acceptors (Lipinski definition) is 6. The number of carbonyl (C=O) groups excluding carboxylic acids is 1. The molecule has 0 atom stereocenters. The fourth-order valence-corrected chi connectivity index (χ4v) is 3.41. The Labute approximate surface area is 204 Å². The SMILES string of the molecule is Cc1c(O)ccc(C=O)c1C.Cc1ccc2cccc(O)c2n1.Cc1ccc2cccc(O)c2n1. The van der Waals surface area contributed by atoms with Gasteiger partial charge in [0.15, 0.2) is 0 Å². The van der Waals surface area contributed by atoms with Crippen molar-refractivity contribution >= 4 is 28.1 Å². The average molecular weight is 469 g/mol. The third-order valence-electron chi connectivity index (χ3n) is 5.60. The topological polar surface area (TPSA) is 104 Å². The first-order valence-corrected chi connectivity index (χ1v) is 11.1. The molecule has 178 valence electrons. The summed E-state index contributed by atoms with van der Waals surface area (Å²) in [6, 6.07) is 21.7. The van der Waals surface area contributed by atoms with Crippen molar-refractivity contribution in [3.63, 3.8) is 0 Å². The minimum atomic E-state index is 0.244. The highest BCUT2D eigenvalue weighted by Gasteiger charge is 2.03. The Bertz CT molecular complexity index is 1410. The van der Waals surface area contributed by atoms with E-state index in [2.05, 4.69) is 9.97 Å². The Balaban J connectivity index is 0.000000147. The van der Waals surface area contributed by atoms with Gasteiger partial charge in [-0.15, -0.1) is 0 Å². The average Bonchev–Trinajstić information content (AvgIpc) is 2.85. The van der Waals surface area contributed by atoms with E-state index in [1.807, 2.05) is 69.3 Å². The predicted molar refractivity (Wildman–Crippen MR) is 139 cm³/mol. The van der Waals surface area contributed by atoms with E-state index in [9.17, 15) is 20.1 Å². The molecular weight excluding hydrogens is 440 g/mol. The molecule has 5 rings (SSSR count). The standard InChI is InChI=1S/2C10H9NO.C9H10O2/c2*1-7-5-6-8-3-2-4-9(12)10(8)11-7;1-6-7(2)9(11)4-3-8(6)5-10/h2*2-6,12H,1H3;3-5,11H,1-2H3. The van der Waals surface area contributed by atoms with Crippen molar-refractivity contribution in [2.75, 3.05) is 0 Å². The summed E-state index contributed by atoms with van der Waals surface area (Å²) in [4.78, 5) is 18.9. The first kappa shape index (κ1) is 25.2. The minimum absolute atomic E-state index is 0.244. The van der Waals surface area contributed by atoms with Gasteiger partial charge in [-0.05, 0) is 75.2 Å². The van der Waals surface area contributed by atoms with E-state index >= 15 is 0 Å². The second-order valence-electron chi connectivity index (χ2n) is 8.14. The van der Waals surface area contributed by atoms with Gasteiger partial charge < -0.3 is 15.3 Å². The number of aldehydes is 1. The lowest BCUT2D eigenvalue weighted by atomic mass is 10.0. The Morgan fingerprint density at radius 2 is 1.06 bits per heavy atom. The van der Waals surface area contributed by atoms with Gasteiger partial charge in [-0.25, -0.2) is 9.97 Å². The molecule has 0 aliphatic carbocycles. The number of carbonyl (C=O) groups is 1. The van der Waals surface area contributed by atoms with Gasteiger partial charge in [0.2, 0.25) is 0 Å². The molecule has 2 heterocycles. The van der Waals surface area contributed by atoms with Gasteiger partial charge in [0, 0.05) is 27.7 Å². The minimum Gasteiger partial charge on any atom is -0.508 e. The van der Waals surface area contributed by atoms with E-state index in [0.717, 1.165) is 39.6 Å². The molecule has 0 aliphatic heterocycles. The van der Waals surface area contributed by atoms with Gasteiger partial charge in [-0.2, -0.15) is 0 Å². The van der Waals surface area contributed by atoms with Crippen LogP contribution in [0.3, 0.4) is 0 Å². The summed E-state index contributed by atoms with van der Waals surface area (Å²) in [6.45, 7) is 7.42. The number of para-hydroxylation sites is 2. The Morgan fingerprint density at radius 3 is 1.51 bits per heavy atom. The van der Waals surface area contributed by atoms with Crippen LogP contribution in [0.2, 0.25) is 0 Å². The second-order valence-corrected chi connectivity index (χ2v) is 8.14. The van der Waals surface area contributed by atoms with Gasteiger partial charge in [-0.1, -0.05) is 36.4 Å². The van der Waals surface area contributed by atoms with Gasteiger partial charge in [-0.3, -0.25) is 4.79 Å². The van der Waals surface area contributed by atoms with Crippen molar-refractivity contribution in [2.24, 2.45) is 0 Å². The molecule has 6 heteroatoms. The molecule has 6 nitrogen and oxygen atoms in total. The highest BCUT2D eigenvalue weighted by atomic mass is 16.3. The monoisotopic (exact) mass is 468 g/mol. The Hall–Kier alpha value is -4.45. The zero-order valence-electron chi connectivity index (χ0n) is 20.1. The molecule has 3 N–H and O–H groups in total. The van der Waals surface area contributed by atoms with Crippen molar-refractivity contribution in [1.82, 2.24) is 9.97 Å². The molecule has 35 heavy (non-hydrogen) atoms. The van der Waals surface area contributed by atoms with Crippen molar-refractivity contribution < 1.29 is 20.1 Å². The number of phenolic OH excluding ortho intramolecular Hbond substituents is 3. The number of rotatable bonds is 1. The Morgan fingerprint density at radius 1 is 0.571 bits per heavy atom. The smallest absolute Gasteiger partial charge is 0.150 e. The molecule has 2 aromatic heterocycles. The van der Waals surface area contributed by atoms with E-state index in [0.29, 0.717) is 16.6 Å². The van der Waals surface area contributed by atoms with Crippen LogP contribution >= 0.6 is 0 Å². The van der Waals surface area contributed by atoms with Crippen LogP contribution in [0.1, 0.15) is 32.9 Å². The molecule has 0 fully saturated rings. The summed E-state index contributed by atoms with van der Waals surface area (Å²) in [5.41, 5.74) is 5.46. The Kier molecular flexibility index (Phi) is 8.00. The van der Waals surface area contributed by atoms with Crippen LogP contribution in [0.15, 0.2) is 72.8 Å². The normalized spacial score (nSPS) is 10.2. The number of pyridine rings is 2. The molecule has 0 unspecified atom stereocenters. The quantitative estimate of drug-likeness (QED) is 0.249. The van der Waals surface area contributed by atoms with E-state index in [1.54, 1.807) is 25.1 Å². The number of aryl methyl sites for hydroxylation is 2. The van der Waals surface area contributed by atoms with Crippen LogP contribution in [-0.2, 0) is 0 Å². The molecule has 0 aliphatic rings. The van der Waals surface area contributed by atoms with Crippen LogP contribution in [0, 0.1) is 27.7 Å². The van der Waals surface area contributed by atoms with Crippen LogP contribution in [0.5, 0.6) is 17.2 Å². The summed E-state index contributed by atoms with van der Waals surface area (Å²) in [5, 5.41) is 30.0. The van der Waals surface area contributed by atoms with Crippen molar-refractivity contribution in [3.8, 4) is 17.2 Å². The number of aromatic hydroxyl groups is 3. The van der Waals surface area contributed by atoms with Gasteiger partial charge in [0.1, 0.15) is 34.6 Å². The molecule has 0 spiro atoms. The molecular formula is C29H28N2O4. The van der Waals surface area contributed by atoms with E-state index in [1.165, 1.54) is 6.07 Å². The molecule has 0 radical (unpaired) electrons. The van der Waals surface area contributed by atoms with E-state index < -0.39 is 0 Å². The summed E-state index contributed by atoms with van der Waals surface area (Å²) in [5.74, 6) is 0.737. The van der Waals surface area contributed by atoms with E-state index in [4.69, 9.17) is 0 Å². The predicted octanol–water partition coefficient (Wildman–Crippen LogP) is 6.32. The summed E-state index contributed by atoms with van der Waals surface area (Å²) < 4.78 is 0. The van der Waals surface area contributed by atoms with Crippen LogP contribution in [-0.4, -0.2) is 31.6 Å². The zero-order chi connectivity index (χ0) is 25.5. The number of benzene rings is 3. The van der Waals surface area contributed by atoms with Crippen molar-refractivity contribution in [3.05, 3.63) is 101 Å². The third kappa shape index (κ3) is 6.12. The lowest BCUT2D eigenvalue weighted by Gasteiger charge is -2.04. The van der Waals surface area contributed by atoms with Crippen molar-refractivity contribution in [2.45, 2.75) is 27.7 Å². The number of fused-ring (bicyclic) bond motifs is 2. The summed E-state index contributed by atoms with van der Waals surface area (Å²) in [6.07, 6.45) is 0.793. The fraction of sp³-hybridized carbons (Fsp3) is 0.138. The summed E-state index contributed by atoms with van der Waals surface area (Å²) >= 11 is 0. The largest absolute Gasteiger partial charge is 0.508 e. The maximum atomic E-state index is 10.4. The first-order valence-electron chi connectivity index (χ1n) is 11.1. The van der Waals surface area contributed by atoms with Crippen LogP contribution in [0.25, 0.3) is 21.8 Å². The van der Waals surface area contributed by atoms with Gasteiger partial charge in [0.05, 0.1) is 0 Å². The molecule has 0 bridgehead atoms. The van der Waals surface area contributed by atoms with Gasteiger partial charge in [0.25, 0.3) is 0 Å².